The molecule has 2 rings (SSSR count). The molecule has 0 radical (unpaired) electrons. The molecule has 7 nitrogen and oxygen atoms in total. The van der Waals surface area contributed by atoms with Crippen molar-refractivity contribution in [2.45, 2.75) is 0 Å². The molecular weight excluding hydrogens is 440 g/mol. The zero-order valence-electron chi connectivity index (χ0n) is 14.5. The summed E-state index contributed by atoms with van der Waals surface area (Å²) in [6.07, 6.45) is 0. The summed E-state index contributed by atoms with van der Waals surface area (Å²) in [5, 5.41) is 0.369. The number of hydrazine groups is 1. The average molecular weight is 458 g/mol. The highest BCUT2D eigenvalue weighted by atomic mass is 79.9. The molecule has 27 heavy (non-hydrogen) atoms. The molecule has 0 fully saturated rings. The van der Waals surface area contributed by atoms with Gasteiger partial charge in [0.15, 0.2) is 6.61 Å². The van der Waals surface area contributed by atoms with Crippen LogP contribution in [0.4, 0.5) is 0 Å². The molecule has 0 unspecified atom stereocenters. The van der Waals surface area contributed by atoms with E-state index >= 15 is 0 Å². The van der Waals surface area contributed by atoms with Gasteiger partial charge in [-0.1, -0.05) is 27.5 Å². The summed E-state index contributed by atoms with van der Waals surface area (Å²) in [7, 11) is 1.59. The molecule has 0 aliphatic carbocycles. The van der Waals surface area contributed by atoms with Crippen molar-refractivity contribution in [3.63, 3.8) is 0 Å². The molecule has 0 spiro atoms. The fourth-order valence-corrected chi connectivity index (χ4v) is 2.64. The van der Waals surface area contributed by atoms with Crippen molar-refractivity contribution in [2.24, 2.45) is 0 Å². The summed E-state index contributed by atoms with van der Waals surface area (Å²) >= 11 is 9.28. The quantitative estimate of drug-likeness (QED) is 0.470. The van der Waals surface area contributed by atoms with Crippen LogP contribution in [-0.2, 0) is 9.53 Å². The molecule has 0 aliphatic heterocycles. The van der Waals surface area contributed by atoms with Gasteiger partial charge in [-0.2, -0.15) is 0 Å². The molecule has 0 atom stereocenters. The van der Waals surface area contributed by atoms with Gasteiger partial charge in [-0.3, -0.25) is 20.4 Å². The standard InChI is InChI=1S/C18H18BrClN2O5/c1-25-8-9-26-14-5-2-12(3-6-14)18(24)22-21-17(23)11-27-16-7-4-13(19)10-15(16)20/h2-7,10H,8-9,11H2,1H3,(H,21,23)(H,22,24). The number of amides is 2. The first-order valence-corrected chi connectivity index (χ1v) is 9.05. The van der Waals surface area contributed by atoms with Gasteiger partial charge >= 0.3 is 0 Å². The van der Waals surface area contributed by atoms with Crippen LogP contribution in [0.15, 0.2) is 46.9 Å². The number of methoxy groups -OCH3 is 1. The van der Waals surface area contributed by atoms with E-state index in [1.165, 1.54) is 0 Å². The maximum absolute atomic E-state index is 12.0. The van der Waals surface area contributed by atoms with E-state index in [0.29, 0.717) is 35.3 Å². The fourth-order valence-electron chi connectivity index (χ4n) is 1.92. The molecule has 0 saturated heterocycles. The molecule has 2 aromatic rings. The van der Waals surface area contributed by atoms with Crippen LogP contribution in [0.2, 0.25) is 5.02 Å². The molecule has 0 saturated carbocycles. The van der Waals surface area contributed by atoms with Crippen LogP contribution in [0.25, 0.3) is 0 Å². The molecule has 144 valence electrons. The Labute approximate surface area is 170 Å². The summed E-state index contributed by atoms with van der Waals surface area (Å²) in [4.78, 5) is 23.8. The Morgan fingerprint density at radius 1 is 1.04 bits per heavy atom. The van der Waals surface area contributed by atoms with Crippen molar-refractivity contribution < 1.29 is 23.8 Å². The summed E-state index contributed by atoms with van der Waals surface area (Å²) in [5.41, 5.74) is 4.95. The molecule has 2 aromatic carbocycles. The van der Waals surface area contributed by atoms with E-state index < -0.39 is 11.8 Å². The van der Waals surface area contributed by atoms with Gasteiger partial charge in [-0.05, 0) is 42.5 Å². The van der Waals surface area contributed by atoms with Crippen LogP contribution in [-0.4, -0.2) is 38.7 Å². The van der Waals surface area contributed by atoms with Crippen molar-refractivity contribution in [2.75, 3.05) is 26.9 Å². The molecule has 0 aromatic heterocycles. The van der Waals surface area contributed by atoms with E-state index in [4.69, 9.17) is 25.8 Å². The Hall–Kier alpha value is -2.29. The van der Waals surface area contributed by atoms with E-state index in [-0.39, 0.29) is 6.61 Å². The van der Waals surface area contributed by atoms with Crippen molar-refractivity contribution in [3.05, 3.63) is 57.5 Å². The molecule has 0 aliphatic rings. The molecule has 0 bridgehead atoms. The largest absolute Gasteiger partial charge is 0.491 e. The van der Waals surface area contributed by atoms with Crippen LogP contribution in [0.3, 0.4) is 0 Å². The number of rotatable bonds is 8. The van der Waals surface area contributed by atoms with Crippen LogP contribution in [0.5, 0.6) is 11.5 Å². The number of nitrogens with one attached hydrogen (secondary N) is 2. The third-order valence-electron chi connectivity index (χ3n) is 3.24. The normalized spacial score (nSPS) is 10.2. The summed E-state index contributed by atoms with van der Waals surface area (Å²) in [6, 6.07) is 11.5. The minimum Gasteiger partial charge on any atom is -0.491 e. The Morgan fingerprint density at radius 3 is 2.44 bits per heavy atom. The average Bonchev–Trinajstić information content (AvgIpc) is 2.66. The number of carbonyl (C=O) groups is 2. The smallest absolute Gasteiger partial charge is 0.276 e. The summed E-state index contributed by atoms with van der Waals surface area (Å²) < 4.78 is 16.4. The van der Waals surface area contributed by atoms with Crippen LogP contribution < -0.4 is 20.3 Å². The van der Waals surface area contributed by atoms with Gasteiger partial charge in [0.25, 0.3) is 11.8 Å². The lowest BCUT2D eigenvalue weighted by molar-refractivity contribution is -0.123. The zero-order chi connectivity index (χ0) is 19.6. The predicted octanol–water partition coefficient (Wildman–Crippen LogP) is 2.97. The summed E-state index contributed by atoms with van der Waals surface area (Å²) in [5.74, 6) is -0.00635. The molecular formula is C18H18BrClN2O5. The Balaban J connectivity index is 1.76. The van der Waals surface area contributed by atoms with E-state index in [2.05, 4.69) is 26.8 Å². The van der Waals surface area contributed by atoms with Gasteiger partial charge < -0.3 is 14.2 Å². The minimum absolute atomic E-state index is 0.298. The number of hydrogen-bond donors (Lipinski definition) is 2. The highest BCUT2D eigenvalue weighted by Gasteiger charge is 2.09. The van der Waals surface area contributed by atoms with Gasteiger partial charge in [0, 0.05) is 17.1 Å². The monoisotopic (exact) mass is 456 g/mol. The van der Waals surface area contributed by atoms with Crippen molar-refractivity contribution in [3.8, 4) is 11.5 Å². The van der Waals surface area contributed by atoms with Crippen LogP contribution in [0.1, 0.15) is 10.4 Å². The van der Waals surface area contributed by atoms with Crippen molar-refractivity contribution in [1.29, 1.82) is 0 Å². The molecule has 2 N–H and O–H groups in total. The molecule has 9 heteroatoms. The van der Waals surface area contributed by atoms with Gasteiger partial charge in [0.1, 0.15) is 18.1 Å². The first-order chi connectivity index (χ1) is 13.0. The number of carbonyl (C=O) groups excluding carboxylic acids is 2. The van der Waals surface area contributed by atoms with E-state index in [9.17, 15) is 9.59 Å². The predicted molar refractivity (Wildman–Crippen MR) is 104 cm³/mol. The molecule has 2 amide bonds. The Morgan fingerprint density at radius 2 is 1.78 bits per heavy atom. The lowest BCUT2D eigenvalue weighted by Gasteiger charge is -2.10. The zero-order valence-corrected chi connectivity index (χ0v) is 16.8. The van der Waals surface area contributed by atoms with E-state index in [1.807, 2.05) is 0 Å². The van der Waals surface area contributed by atoms with Crippen molar-refractivity contribution >= 4 is 39.3 Å². The van der Waals surface area contributed by atoms with Gasteiger partial charge in [0.05, 0.1) is 11.6 Å². The third kappa shape index (κ3) is 7.09. The lowest BCUT2D eigenvalue weighted by atomic mass is 10.2. The summed E-state index contributed by atoms with van der Waals surface area (Å²) in [6.45, 7) is 0.593. The van der Waals surface area contributed by atoms with E-state index in [1.54, 1.807) is 49.6 Å². The second-order valence-corrected chi connectivity index (χ2v) is 6.55. The van der Waals surface area contributed by atoms with Gasteiger partial charge in [0.2, 0.25) is 0 Å². The maximum Gasteiger partial charge on any atom is 0.276 e. The highest BCUT2D eigenvalue weighted by Crippen LogP contribution is 2.27. The Bertz CT molecular complexity index is 786. The van der Waals surface area contributed by atoms with E-state index in [0.717, 1.165) is 4.47 Å². The number of hydrogen-bond acceptors (Lipinski definition) is 5. The second kappa shape index (κ2) is 10.8. The maximum atomic E-state index is 12.0. The van der Waals surface area contributed by atoms with Crippen LogP contribution in [0, 0.1) is 0 Å². The number of ether oxygens (including phenoxy) is 3. The fraction of sp³-hybridized carbons (Fsp3) is 0.222. The van der Waals surface area contributed by atoms with Crippen molar-refractivity contribution in [1.82, 2.24) is 10.9 Å². The lowest BCUT2D eigenvalue weighted by Crippen LogP contribution is -2.43. The third-order valence-corrected chi connectivity index (χ3v) is 4.03. The van der Waals surface area contributed by atoms with Gasteiger partial charge in [-0.25, -0.2) is 0 Å². The minimum atomic E-state index is -0.526. The molecule has 0 heterocycles. The second-order valence-electron chi connectivity index (χ2n) is 5.23. The Kier molecular flexibility index (Phi) is 8.38. The topological polar surface area (TPSA) is 85.9 Å². The van der Waals surface area contributed by atoms with Crippen LogP contribution >= 0.6 is 27.5 Å². The first kappa shape index (κ1) is 21.0. The number of halogens is 2. The first-order valence-electron chi connectivity index (χ1n) is 7.88. The SMILES string of the molecule is COCCOc1ccc(C(=O)NNC(=O)COc2ccc(Br)cc2Cl)cc1. The highest BCUT2D eigenvalue weighted by molar-refractivity contribution is 9.10. The number of benzene rings is 2. The van der Waals surface area contributed by atoms with Gasteiger partial charge in [-0.15, -0.1) is 0 Å².